The molecule has 1 heterocycles. The number of aryl methyl sites for hydroxylation is 1. The first-order valence-electron chi connectivity index (χ1n) is 6.35. The summed E-state index contributed by atoms with van der Waals surface area (Å²) in [6, 6.07) is 5.60. The molecule has 0 spiro atoms. The molecule has 0 radical (unpaired) electrons. The van der Waals surface area contributed by atoms with Gasteiger partial charge in [-0.2, -0.15) is 0 Å². The number of hydrogen-bond acceptors (Lipinski definition) is 3. The monoisotopic (exact) mass is 261 g/mol. The molecule has 5 nitrogen and oxygen atoms in total. The van der Waals surface area contributed by atoms with Crippen molar-refractivity contribution < 1.29 is 9.90 Å². The molecule has 0 saturated heterocycles. The molecular formula is C14H19N3O2. The van der Waals surface area contributed by atoms with E-state index in [4.69, 9.17) is 0 Å². The number of carbonyl (C=O) groups is 1. The van der Waals surface area contributed by atoms with Crippen LogP contribution in [0.15, 0.2) is 24.5 Å². The summed E-state index contributed by atoms with van der Waals surface area (Å²) in [5.41, 5.74) is 2.56. The Hall–Kier alpha value is -1.88. The van der Waals surface area contributed by atoms with Gasteiger partial charge in [-0.1, -0.05) is 13.8 Å². The fraction of sp³-hybridized carbons (Fsp3) is 0.429. The lowest BCUT2D eigenvalue weighted by atomic mass is 9.96. The van der Waals surface area contributed by atoms with Crippen LogP contribution in [0.3, 0.4) is 0 Å². The number of rotatable bonds is 4. The summed E-state index contributed by atoms with van der Waals surface area (Å²) in [5, 5.41) is 12.1. The van der Waals surface area contributed by atoms with Gasteiger partial charge < -0.3 is 15.0 Å². The van der Waals surface area contributed by atoms with Crippen LogP contribution in [0.4, 0.5) is 5.69 Å². The number of nitrogens with zero attached hydrogens (tertiary/aromatic N) is 2. The summed E-state index contributed by atoms with van der Waals surface area (Å²) in [4.78, 5) is 16.3. The number of aliphatic hydroxyl groups excluding tert-OH is 1. The van der Waals surface area contributed by atoms with Crippen molar-refractivity contribution in [1.82, 2.24) is 9.55 Å². The van der Waals surface area contributed by atoms with Crippen LogP contribution in [0.25, 0.3) is 11.0 Å². The molecule has 2 N–H and O–H groups in total. The van der Waals surface area contributed by atoms with Gasteiger partial charge in [0.05, 0.1) is 29.9 Å². The predicted molar refractivity (Wildman–Crippen MR) is 74.8 cm³/mol. The summed E-state index contributed by atoms with van der Waals surface area (Å²) in [6.07, 6.45) is 1.74. The van der Waals surface area contributed by atoms with Crippen molar-refractivity contribution in [2.45, 2.75) is 13.8 Å². The Labute approximate surface area is 112 Å². The van der Waals surface area contributed by atoms with Crippen LogP contribution in [-0.2, 0) is 11.8 Å². The lowest BCUT2D eigenvalue weighted by Gasteiger charge is -2.17. The zero-order valence-electron chi connectivity index (χ0n) is 11.4. The van der Waals surface area contributed by atoms with E-state index < -0.39 is 0 Å². The van der Waals surface area contributed by atoms with Gasteiger partial charge in [-0.05, 0) is 24.1 Å². The number of aromatic nitrogens is 2. The third-order valence-corrected chi connectivity index (χ3v) is 3.33. The molecule has 5 heteroatoms. The Morgan fingerprint density at radius 3 is 2.84 bits per heavy atom. The van der Waals surface area contributed by atoms with Crippen molar-refractivity contribution in [3.8, 4) is 0 Å². The van der Waals surface area contributed by atoms with E-state index in [9.17, 15) is 9.90 Å². The average molecular weight is 261 g/mol. The van der Waals surface area contributed by atoms with Gasteiger partial charge in [0.25, 0.3) is 0 Å². The van der Waals surface area contributed by atoms with Gasteiger partial charge in [0.15, 0.2) is 0 Å². The normalized spacial score (nSPS) is 12.9. The SMILES string of the molecule is CC(C)C(CO)C(=O)Nc1ccc2c(c1)ncn2C. The minimum Gasteiger partial charge on any atom is -0.396 e. The highest BCUT2D eigenvalue weighted by Crippen LogP contribution is 2.19. The van der Waals surface area contributed by atoms with E-state index in [2.05, 4.69) is 10.3 Å². The molecule has 2 aromatic rings. The predicted octanol–water partition coefficient (Wildman–Crippen LogP) is 1.78. The van der Waals surface area contributed by atoms with Gasteiger partial charge in [0, 0.05) is 12.7 Å². The lowest BCUT2D eigenvalue weighted by molar-refractivity contribution is -0.122. The number of amides is 1. The van der Waals surface area contributed by atoms with E-state index in [1.807, 2.05) is 43.7 Å². The molecule has 19 heavy (non-hydrogen) atoms. The molecule has 0 fully saturated rings. The van der Waals surface area contributed by atoms with E-state index in [-0.39, 0.29) is 24.3 Å². The molecule has 1 aromatic carbocycles. The molecule has 0 aliphatic heterocycles. The molecule has 0 saturated carbocycles. The van der Waals surface area contributed by atoms with E-state index in [0.29, 0.717) is 5.69 Å². The highest BCUT2D eigenvalue weighted by Gasteiger charge is 2.21. The fourth-order valence-corrected chi connectivity index (χ4v) is 2.05. The molecule has 0 aliphatic rings. The number of carbonyl (C=O) groups excluding carboxylic acids is 1. The van der Waals surface area contributed by atoms with Crippen molar-refractivity contribution in [3.63, 3.8) is 0 Å². The minimum atomic E-state index is -0.389. The molecule has 1 unspecified atom stereocenters. The quantitative estimate of drug-likeness (QED) is 0.881. The molecule has 0 aliphatic carbocycles. The maximum absolute atomic E-state index is 12.0. The molecule has 1 amide bonds. The largest absolute Gasteiger partial charge is 0.396 e. The third kappa shape index (κ3) is 2.76. The Kier molecular flexibility index (Phi) is 3.85. The van der Waals surface area contributed by atoms with Gasteiger partial charge in [0.2, 0.25) is 5.91 Å². The van der Waals surface area contributed by atoms with Crippen LogP contribution in [0.5, 0.6) is 0 Å². The Morgan fingerprint density at radius 1 is 1.47 bits per heavy atom. The second-order valence-corrected chi connectivity index (χ2v) is 5.08. The average Bonchev–Trinajstić information content (AvgIpc) is 2.71. The number of imidazole rings is 1. The van der Waals surface area contributed by atoms with Gasteiger partial charge in [0.1, 0.15) is 0 Å². The lowest BCUT2D eigenvalue weighted by Crippen LogP contribution is -2.29. The van der Waals surface area contributed by atoms with Gasteiger partial charge >= 0.3 is 0 Å². The van der Waals surface area contributed by atoms with Gasteiger partial charge in [-0.25, -0.2) is 4.98 Å². The summed E-state index contributed by atoms with van der Waals surface area (Å²) in [5.74, 6) is -0.448. The number of benzene rings is 1. The van der Waals surface area contributed by atoms with Crippen LogP contribution in [0.1, 0.15) is 13.8 Å². The van der Waals surface area contributed by atoms with Crippen LogP contribution in [0.2, 0.25) is 0 Å². The highest BCUT2D eigenvalue weighted by atomic mass is 16.3. The number of anilines is 1. The summed E-state index contributed by atoms with van der Waals surface area (Å²) < 4.78 is 1.92. The van der Waals surface area contributed by atoms with E-state index in [1.54, 1.807) is 6.33 Å². The maximum Gasteiger partial charge on any atom is 0.230 e. The van der Waals surface area contributed by atoms with Crippen LogP contribution in [-0.4, -0.2) is 27.2 Å². The fourth-order valence-electron chi connectivity index (χ4n) is 2.05. The first-order chi connectivity index (χ1) is 9.02. The van der Waals surface area contributed by atoms with E-state index in [0.717, 1.165) is 11.0 Å². The number of aliphatic hydroxyl groups is 1. The van der Waals surface area contributed by atoms with Gasteiger partial charge in [-0.15, -0.1) is 0 Å². The first-order valence-corrected chi connectivity index (χ1v) is 6.35. The molecule has 102 valence electrons. The number of hydrogen-bond donors (Lipinski definition) is 2. The Balaban J connectivity index is 2.19. The van der Waals surface area contributed by atoms with Gasteiger partial charge in [-0.3, -0.25) is 4.79 Å². The van der Waals surface area contributed by atoms with Crippen molar-refractivity contribution >= 4 is 22.6 Å². The summed E-state index contributed by atoms with van der Waals surface area (Å²) >= 11 is 0. The zero-order valence-corrected chi connectivity index (χ0v) is 11.4. The molecular weight excluding hydrogens is 242 g/mol. The summed E-state index contributed by atoms with van der Waals surface area (Å²) in [6.45, 7) is 3.69. The van der Waals surface area contributed by atoms with Crippen molar-refractivity contribution in [1.29, 1.82) is 0 Å². The topological polar surface area (TPSA) is 67.2 Å². The number of fused-ring (bicyclic) bond motifs is 1. The van der Waals surface area contributed by atoms with Crippen LogP contribution in [0, 0.1) is 11.8 Å². The maximum atomic E-state index is 12.0. The Morgan fingerprint density at radius 2 is 2.21 bits per heavy atom. The summed E-state index contributed by atoms with van der Waals surface area (Å²) in [7, 11) is 1.92. The second kappa shape index (κ2) is 5.40. The minimum absolute atomic E-state index is 0.101. The molecule has 2 rings (SSSR count). The van der Waals surface area contributed by atoms with Crippen LogP contribution >= 0.6 is 0 Å². The third-order valence-electron chi connectivity index (χ3n) is 3.33. The van der Waals surface area contributed by atoms with Crippen molar-refractivity contribution in [2.24, 2.45) is 18.9 Å². The van der Waals surface area contributed by atoms with Crippen LogP contribution < -0.4 is 5.32 Å². The van der Waals surface area contributed by atoms with Crippen molar-refractivity contribution in [2.75, 3.05) is 11.9 Å². The first kappa shape index (κ1) is 13.5. The molecule has 1 atom stereocenters. The van der Waals surface area contributed by atoms with E-state index >= 15 is 0 Å². The zero-order chi connectivity index (χ0) is 14.0. The highest BCUT2D eigenvalue weighted by molar-refractivity contribution is 5.94. The molecule has 1 aromatic heterocycles. The number of nitrogens with one attached hydrogen (secondary N) is 1. The smallest absolute Gasteiger partial charge is 0.230 e. The standard InChI is InChI=1S/C14H19N3O2/c1-9(2)11(7-18)14(19)16-10-4-5-13-12(6-10)15-8-17(13)3/h4-6,8-9,11,18H,7H2,1-3H3,(H,16,19). The van der Waals surface area contributed by atoms with E-state index in [1.165, 1.54) is 0 Å². The second-order valence-electron chi connectivity index (χ2n) is 5.08. The van der Waals surface area contributed by atoms with Crippen molar-refractivity contribution in [3.05, 3.63) is 24.5 Å². The Bertz CT molecular complexity index is 589. The molecule has 0 bridgehead atoms.